The van der Waals surface area contributed by atoms with E-state index in [1.165, 1.54) is 6.92 Å². The molecule has 5 nitrogen and oxygen atoms in total. The molecule has 102 valence electrons. The molecule has 0 aliphatic heterocycles. The molecule has 8 heteroatoms. The molecule has 1 aromatic rings. The monoisotopic (exact) mass is 264 g/mol. The van der Waals surface area contributed by atoms with Gasteiger partial charge in [-0.1, -0.05) is 0 Å². The molecule has 0 saturated heterocycles. The molecule has 0 unspecified atom stereocenters. The molecule has 6 N–H and O–H groups in total. The number of hydrogen-bond donors (Lipinski definition) is 4. The van der Waals surface area contributed by atoms with Gasteiger partial charge in [0.2, 0.25) is 0 Å². The van der Waals surface area contributed by atoms with E-state index in [9.17, 15) is 13.2 Å². The highest BCUT2D eigenvalue weighted by atomic mass is 19.1. The Bertz CT molecular complexity index is 387. The lowest BCUT2D eigenvalue weighted by atomic mass is 10.1. The van der Waals surface area contributed by atoms with Crippen LogP contribution in [0.1, 0.15) is 6.92 Å². The normalized spacial score (nSPS) is 11.7. The van der Waals surface area contributed by atoms with E-state index in [4.69, 9.17) is 16.4 Å². The molecule has 0 atom stereocenters. The molecule has 0 amide bonds. The van der Waals surface area contributed by atoms with Crippen molar-refractivity contribution < 1.29 is 17.9 Å². The predicted molar refractivity (Wildman–Crippen MR) is 59.7 cm³/mol. The van der Waals surface area contributed by atoms with Crippen molar-refractivity contribution in [3.8, 4) is 5.75 Å². The molecule has 0 aromatic heterocycles. The van der Waals surface area contributed by atoms with Crippen molar-refractivity contribution >= 4 is 0 Å². The molecule has 0 spiro atoms. The van der Waals surface area contributed by atoms with Gasteiger partial charge in [0.1, 0.15) is 11.4 Å². The van der Waals surface area contributed by atoms with Crippen molar-refractivity contribution in [2.24, 2.45) is 11.7 Å². The zero-order chi connectivity index (χ0) is 13.8. The fraction of sp³-hybridized carbons (Fsp3) is 0.400. The van der Waals surface area contributed by atoms with Crippen molar-refractivity contribution in [2.45, 2.75) is 12.5 Å². The first-order valence-electron chi connectivity index (χ1n) is 5.12. The Morgan fingerprint density at radius 1 is 1.11 bits per heavy atom. The fourth-order valence-corrected chi connectivity index (χ4v) is 1.44. The van der Waals surface area contributed by atoms with Gasteiger partial charge in [0, 0.05) is 12.1 Å². The topological polar surface area (TPSA) is 85.3 Å². The first-order valence-corrected chi connectivity index (χ1v) is 5.12. The summed E-state index contributed by atoms with van der Waals surface area (Å²) >= 11 is 0. The van der Waals surface area contributed by atoms with Gasteiger partial charge >= 0.3 is 0 Å². The van der Waals surface area contributed by atoms with Gasteiger partial charge in [0.25, 0.3) is 0 Å². The largest absolute Gasteiger partial charge is 0.479 e. The maximum Gasteiger partial charge on any atom is 0.191 e. The molecule has 0 aliphatic carbocycles. The summed E-state index contributed by atoms with van der Waals surface area (Å²) < 4.78 is 44.8. The standard InChI is InChI=1S/C10H15F3N4O/c1-10(4-16-14,5-17-15)18-9-7(12)2-6(11)3-8(9)13/h2-3,16-17H,4-5,14-15H2,1H3. The zero-order valence-electron chi connectivity index (χ0n) is 9.77. The van der Waals surface area contributed by atoms with Gasteiger partial charge in [-0.05, 0) is 6.92 Å². The molecular weight excluding hydrogens is 249 g/mol. The Labute approximate surface area is 102 Å². The van der Waals surface area contributed by atoms with E-state index in [-0.39, 0.29) is 13.1 Å². The maximum absolute atomic E-state index is 13.4. The Balaban J connectivity index is 3.00. The number of hydrogen-bond acceptors (Lipinski definition) is 5. The third-order valence-corrected chi connectivity index (χ3v) is 2.26. The highest BCUT2D eigenvalue weighted by Gasteiger charge is 2.28. The van der Waals surface area contributed by atoms with Crippen LogP contribution in [0.15, 0.2) is 12.1 Å². The molecule has 0 heterocycles. The van der Waals surface area contributed by atoms with Crippen LogP contribution in [0, 0.1) is 17.5 Å². The number of nitrogens with one attached hydrogen (secondary N) is 2. The highest BCUT2D eigenvalue weighted by molar-refractivity contribution is 5.28. The summed E-state index contributed by atoms with van der Waals surface area (Å²) in [6.07, 6.45) is 0. The summed E-state index contributed by atoms with van der Waals surface area (Å²) in [6.45, 7) is 1.69. The molecule has 0 radical (unpaired) electrons. The maximum atomic E-state index is 13.4. The van der Waals surface area contributed by atoms with Crippen LogP contribution < -0.4 is 27.3 Å². The van der Waals surface area contributed by atoms with Crippen LogP contribution in [0.4, 0.5) is 13.2 Å². The van der Waals surface area contributed by atoms with Gasteiger partial charge in [0.15, 0.2) is 17.4 Å². The molecular formula is C10H15F3N4O. The first-order chi connectivity index (χ1) is 8.41. The predicted octanol–water partition coefficient (Wildman–Crippen LogP) is 0.168. The van der Waals surface area contributed by atoms with E-state index in [1.807, 2.05) is 0 Å². The van der Waals surface area contributed by atoms with Crippen molar-refractivity contribution in [3.05, 3.63) is 29.6 Å². The summed E-state index contributed by atoms with van der Waals surface area (Å²) in [5.41, 5.74) is 3.55. The van der Waals surface area contributed by atoms with Crippen LogP contribution in [0.2, 0.25) is 0 Å². The van der Waals surface area contributed by atoms with Crippen LogP contribution in [0.5, 0.6) is 5.75 Å². The molecule has 1 rings (SSSR count). The second kappa shape index (κ2) is 6.01. The molecule has 0 saturated carbocycles. The SMILES string of the molecule is CC(CNN)(CNN)Oc1c(F)cc(F)cc1F. The van der Waals surface area contributed by atoms with Gasteiger partial charge in [-0.15, -0.1) is 0 Å². The second-order valence-electron chi connectivity index (χ2n) is 4.01. The molecule has 1 aromatic carbocycles. The van der Waals surface area contributed by atoms with Gasteiger partial charge in [-0.3, -0.25) is 22.5 Å². The van der Waals surface area contributed by atoms with E-state index in [0.29, 0.717) is 12.1 Å². The first kappa shape index (κ1) is 14.7. The number of hydrazine groups is 2. The zero-order valence-corrected chi connectivity index (χ0v) is 9.77. The summed E-state index contributed by atoms with van der Waals surface area (Å²) in [6, 6.07) is 1.06. The number of benzene rings is 1. The van der Waals surface area contributed by atoms with Crippen molar-refractivity contribution in [2.75, 3.05) is 13.1 Å². The average Bonchev–Trinajstić information content (AvgIpc) is 2.24. The highest BCUT2D eigenvalue weighted by Crippen LogP contribution is 2.26. The minimum atomic E-state index is -1.13. The number of rotatable bonds is 6. The molecule has 18 heavy (non-hydrogen) atoms. The van der Waals surface area contributed by atoms with Crippen molar-refractivity contribution in [1.29, 1.82) is 0 Å². The molecule has 0 aliphatic rings. The quantitative estimate of drug-likeness (QED) is 0.435. The van der Waals surface area contributed by atoms with Crippen LogP contribution >= 0.6 is 0 Å². The average molecular weight is 264 g/mol. The lowest BCUT2D eigenvalue weighted by Crippen LogP contribution is -2.53. The van der Waals surface area contributed by atoms with Gasteiger partial charge < -0.3 is 4.74 Å². The minimum absolute atomic E-state index is 0.0768. The summed E-state index contributed by atoms with van der Waals surface area (Å²) in [5.74, 6) is 6.35. The smallest absolute Gasteiger partial charge is 0.191 e. The minimum Gasteiger partial charge on any atom is -0.479 e. The van der Waals surface area contributed by atoms with Crippen LogP contribution in [0.25, 0.3) is 0 Å². The molecule has 0 bridgehead atoms. The third kappa shape index (κ3) is 3.57. The Kier molecular flexibility index (Phi) is 4.91. The van der Waals surface area contributed by atoms with E-state index in [0.717, 1.165) is 0 Å². The number of ether oxygens (including phenoxy) is 1. The number of nitrogens with two attached hydrogens (primary N) is 2. The third-order valence-electron chi connectivity index (χ3n) is 2.26. The van der Waals surface area contributed by atoms with Crippen LogP contribution in [0.3, 0.4) is 0 Å². The fourth-order valence-electron chi connectivity index (χ4n) is 1.44. The van der Waals surface area contributed by atoms with E-state index in [1.54, 1.807) is 0 Å². The Morgan fingerprint density at radius 3 is 1.94 bits per heavy atom. The van der Waals surface area contributed by atoms with Crippen LogP contribution in [-0.4, -0.2) is 18.7 Å². The van der Waals surface area contributed by atoms with Gasteiger partial charge in [0.05, 0.1) is 13.1 Å². The summed E-state index contributed by atoms with van der Waals surface area (Å²) in [4.78, 5) is 0. The lowest BCUT2D eigenvalue weighted by molar-refractivity contribution is 0.0768. The van der Waals surface area contributed by atoms with Gasteiger partial charge in [-0.2, -0.15) is 0 Å². The van der Waals surface area contributed by atoms with E-state index >= 15 is 0 Å². The van der Waals surface area contributed by atoms with Crippen molar-refractivity contribution in [1.82, 2.24) is 10.9 Å². The van der Waals surface area contributed by atoms with Crippen LogP contribution in [-0.2, 0) is 0 Å². The Hall–Kier alpha value is -1.35. The van der Waals surface area contributed by atoms with Crippen molar-refractivity contribution in [3.63, 3.8) is 0 Å². The van der Waals surface area contributed by atoms with E-state index in [2.05, 4.69) is 10.9 Å². The van der Waals surface area contributed by atoms with E-state index < -0.39 is 28.8 Å². The van der Waals surface area contributed by atoms with Gasteiger partial charge in [-0.25, -0.2) is 13.2 Å². The second-order valence-corrected chi connectivity index (χ2v) is 4.01. The Morgan fingerprint density at radius 2 is 1.56 bits per heavy atom. The lowest BCUT2D eigenvalue weighted by Gasteiger charge is -2.30. The number of halogens is 3. The summed E-state index contributed by atoms with van der Waals surface area (Å²) in [5, 5.41) is 0. The molecule has 0 fully saturated rings. The summed E-state index contributed by atoms with van der Waals surface area (Å²) in [7, 11) is 0.